The number of hydrogen-bond acceptors (Lipinski definition) is 6. The van der Waals surface area contributed by atoms with Crippen LogP contribution in [0, 0.1) is 0 Å². The van der Waals surface area contributed by atoms with Crippen molar-refractivity contribution >= 4 is 11.9 Å². The minimum Gasteiger partial charge on any atom is -0.476 e. The average Bonchev–Trinajstić information content (AvgIpc) is 2.98. The van der Waals surface area contributed by atoms with Gasteiger partial charge in [0.1, 0.15) is 11.6 Å². The average molecular weight is 576 g/mol. The van der Waals surface area contributed by atoms with Gasteiger partial charge < -0.3 is 14.4 Å². The lowest BCUT2D eigenvalue weighted by Crippen LogP contribution is -2.42. The number of amides is 1. The van der Waals surface area contributed by atoms with Gasteiger partial charge in [0.05, 0.1) is 12.3 Å². The Morgan fingerprint density at radius 1 is 1.00 bits per heavy atom. The van der Waals surface area contributed by atoms with Crippen molar-refractivity contribution in [3.05, 3.63) is 82.4 Å². The first kappa shape index (κ1) is 32.6. The van der Waals surface area contributed by atoms with Gasteiger partial charge in [0.25, 0.3) is 11.5 Å². The van der Waals surface area contributed by atoms with E-state index in [4.69, 9.17) is 14.5 Å². The Morgan fingerprint density at radius 3 is 2.31 bits per heavy atom. The summed E-state index contributed by atoms with van der Waals surface area (Å²) in [6, 6.07) is 18.0. The number of nitrogens with zero attached hydrogens (tertiary/aromatic N) is 3. The van der Waals surface area contributed by atoms with Gasteiger partial charge in [-0.2, -0.15) is 0 Å². The topological polar surface area (TPSA) is 90.7 Å². The molecule has 3 rings (SSSR count). The zero-order valence-corrected chi connectivity index (χ0v) is 25.9. The summed E-state index contributed by atoms with van der Waals surface area (Å²) in [5, 5.41) is 0. The van der Waals surface area contributed by atoms with E-state index in [9.17, 15) is 14.4 Å². The number of unbranched alkanes of at least 4 members (excludes halogenated alkanes) is 2. The van der Waals surface area contributed by atoms with Crippen LogP contribution in [0.25, 0.3) is 11.3 Å². The fraction of sp³-hybridized carbons (Fsp3) is 0.471. The van der Waals surface area contributed by atoms with Gasteiger partial charge in [-0.3, -0.25) is 14.2 Å². The van der Waals surface area contributed by atoms with E-state index in [2.05, 4.69) is 13.8 Å². The Morgan fingerprint density at radius 2 is 1.69 bits per heavy atom. The Hall–Kier alpha value is -3.94. The highest BCUT2D eigenvalue weighted by Crippen LogP contribution is 2.22. The van der Waals surface area contributed by atoms with E-state index < -0.39 is 11.6 Å². The van der Waals surface area contributed by atoms with Gasteiger partial charge in [-0.05, 0) is 58.4 Å². The minimum atomic E-state index is -1.16. The highest BCUT2D eigenvalue weighted by atomic mass is 16.6. The van der Waals surface area contributed by atoms with E-state index >= 15 is 0 Å². The lowest BCUT2D eigenvalue weighted by molar-refractivity contribution is -0.158. The van der Waals surface area contributed by atoms with E-state index in [1.807, 2.05) is 42.2 Å². The molecule has 0 aliphatic carbocycles. The Balaban J connectivity index is 1.82. The molecule has 8 heteroatoms. The number of carbonyl (C=O) groups excluding carboxylic acids is 2. The maximum Gasteiger partial charge on any atom is 0.349 e. The molecule has 0 fully saturated rings. The molecule has 1 amide bonds. The molecule has 0 aliphatic heterocycles. The van der Waals surface area contributed by atoms with Crippen molar-refractivity contribution in [3.8, 4) is 17.0 Å². The molecule has 1 heterocycles. The van der Waals surface area contributed by atoms with Crippen molar-refractivity contribution < 1.29 is 19.1 Å². The van der Waals surface area contributed by atoms with Gasteiger partial charge in [0, 0.05) is 42.7 Å². The third-order valence-corrected chi connectivity index (χ3v) is 7.30. The molecule has 42 heavy (non-hydrogen) atoms. The zero-order valence-electron chi connectivity index (χ0n) is 25.9. The van der Waals surface area contributed by atoms with Gasteiger partial charge in [-0.25, -0.2) is 9.78 Å². The maximum absolute atomic E-state index is 13.8. The number of esters is 1. The van der Waals surface area contributed by atoms with Crippen molar-refractivity contribution in [2.75, 3.05) is 13.2 Å². The molecule has 3 aromatic rings. The van der Waals surface area contributed by atoms with Crippen LogP contribution in [0.3, 0.4) is 0 Å². The van der Waals surface area contributed by atoms with Crippen LogP contribution in [-0.4, -0.2) is 51.1 Å². The number of aryl methyl sites for hydroxylation is 1. The summed E-state index contributed by atoms with van der Waals surface area (Å²) in [6.07, 6.45) is 4.68. The highest BCUT2D eigenvalue weighted by Gasteiger charge is 2.31. The Bertz CT molecular complexity index is 1370. The first-order valence-electron chi connectivity index (χ1n) is 15.0. The van der Waals surface area contributed by atoms with Crippen LogP contribution < -0.4 is 10.3 Å². The number of aromatic nitrogens is 2. The summed E-state index contributed by atoms with van der Waals surface area (Å²) in [4.78, 5) is 45.9. The SMILES string of the molecule is CCCCCC(C)N(CCn1c(CC)nc(-c2ccccc2)cc1=O)C(=O)c1ccc(OC(C)(C)C(=O)OCC)cc1. The highest BCUT2D eigenvalue weighted by molar-refractivity contribution is 5.94. The number of benzene rings is 2. The molecule has 0 saturated carbocycles. The predicted molar refractivity (Wildman–Crippen MR) is 166 cm³/mol. The zero-order chi connectivity index (χ0) is 30.7. The summed E-state index contributed by atoms with van der Waals surface area (Å²) >= 11 is 0. The van der Waals surface area contributed by atoms with Gasteiger partial charge in [0.15, 0.2) is 5.60 Å². The smallest absolute Gasteiger partial charge is 0.349 e. The molecular formula is C34H45N3O5. The van der Waals surface area contributed by atoms with Crippen molar-refractivity contribution in [1.82, 2.24) is 14.5 Å². The van der Waals surface area contributed by atoms with E-state index in [1.54, 1.807) is 55.7 Å². The number of ether oxygens (including phenoxy) is 2. The summed E-state index contributed by atoms with van der Waals surface area (Å²) in [6.45, 7) is 12.2. The van der Waals surface area contributed by atoms with Gasteiger partial charge >= 0.3 is 5.97 Å². The van der Waals surface area contributed by atoms with Crippen LogP contribution >= 0.6 is 0 Å². The quantitative estimate of drug-likeness (QED) is 0.156. The maximum atomic E-state index is 13.8. The van der Waals surface area contributed by atoms with Crippen molar-refractivity contribution in [3.63, 3.8) is 0 Å². The van der Waals surface area contributed by atoms with Crippen LogP contribution in [-0.2, 0) is 22.5 Å². The number of hydrogen-bond donors (Lipinski definition) is 0. The summed E-state index contributed by atoms with van der Waals surface area (Å²) in [5.74, 6) is 0.592. The Labute approximate surface area is 249 Å². The van der Waals surface area contributed by atoms with Crippen molar-refractivity contribution in [1.29, 1.82) is 0 Å². The molecule has 0 radical (unpaired) electrons. The molecule has 2 aromatic carbocycles. The van der Waals surface area contributed by atoms with E-state index in [-0.39, 0.29) is 24.1 Å². The van der Waals surface area contributed by atoms with Crippen molar-refractivity contribution in [2.45, 2.75) is 91.8 Å². The normalized spacial score (nSPS) is 12.0. The van der Waals surface area contributed by atoms with E-state index in [1.165, 1.54) is 0 Å². The Kier molecular flexibility index (Phi) is 11.9. The summed E-state index contributed by atoms with van der Waals surface area (Å²) in [5.41, 5.74) is 0.783. The summed E-state index contributed by atoms with van der Waals surface area (Å²) < 4.78 is 12.6. The molecular weight excluding hydrogens is 530 g/mol. The molecule has 0 N–H and O–H groups in total. The lowest BCUT2D eigenvalue weighted by Gasteiger charge is -2.30. The van der Waals surface area contributed by atoms with Crippen LogP contribution in [0.1, 0.15) is 83.4 Å². The second-order valence-corrected chi connectivity index (χ2v) is 11.0. The van der Waals surface area contributed by atoms with Gasteiger partial charge in [-0.1, -0.05) is 63.4 Å². The standard InChI is InChI=1S/C34H45N3O5/c1-7-10-12-15-25(4)36(32(39)27-18-20-28(21-19-27)42-34(5,6)33(40)41-9-3)22-23-37-30(8-2)35-29(24-31(37)38)26-16-13-11-14-17-26/h11,13-14,16-21,24-25H,7-10,12,15,22-23H2,1-6H3. The second-order valence-electron chi connectivity index (χ2n) is 11.0. The largest absolute Gasteiger partial charge is 0.476 e. The predicted octanol–water partition coefficient (Wildman–Crippen LogP) is 6.30. The van der Waals surface area contributed by atoms with E-state index in [0.29, 0.717) is 42.3 Å². The van der Waals surface area contributed by atoms with Crippen LogP contribution in [0.2, 0.25) is 0 Å². The lowest BCUT2D eigenvalue weighted by atomic mass is 10.1. The third-order valence-electron chi connectivity index (χ3n) is 7.30. The third kappa shape index (κ3) is 8.54. The molecule has 1 unspecified atom stereocenters. The fourth-order valence-corrected chi connectivity index (χ4v) is 4.87. The van der Waals surface area contributed by atoms with Crippen LogP contribution in [0.15, 0.2) is 65.5 Å². The molecule has 0 bridgehead atoms. The van der Waals surface area contributed by atoms with Crippen molar-refractivity contribution in [2.24, 2.45) is 0 Å². The monoisotopic (exact) mass is 575 g/mol. The molecule has 1 atom stereocenters. The van der Waals surface area contributed by atoms with E-state index in [0.717, 1.165) is 31.2 Å². The first-order chi connectivity index (χ1) is 20.1. The van der Waals surface area contributed by atoms with Gasteiger partial charge in [-0.15, -0.1) is 0 Å². The number of rotatable bonds is 15. The molecule has 226 valence electrons. The van der Waals surface area contributed by atoms with Crippen LogP contribution in [0.5, 0.6) is 5.75 Å². The molecule has 0 saturated heterocycles. The number of carbonyl (C=O) groups is 2. The minimum absolute atomic E-state index is 0.0138. The summed E-state index contributed by atoms with van der Waals surface area (Å²) in [7, 11) is 0. The fourth-order valence-electron chi connectivity index (χ4n) is 4.87. The molecule has 1 aromatic heterocycles. The molecule has 8 nitrogen and oxygen atoms in total. The molecule has 0 spiro atoms. The second kappa shape index (κ2) is 15.3. The first-order valence-corrected chi connectivity index (χ1v) is 15.0. The van der Waals surface area contributed by atoms with Crippen LogP contribution in [0.4, 0.5) is 0 Å². The van der Waals surface area contributed by atoms with Gasteiger partial charge in [0.2, 0.25) is 0 Å². The molecule has 0 aliphatic rings.